The van der Waals surface area contributed by atoms with Crippen molar-refractivity contribution in [2.24, 2.45) is 0 Å². The maximum Gasteiger partial charge on any atom is 0.0949 e. The number of aromatic nitrogens is 4. The van der Waals surface area contributed by atoms with Gasteiger partial charge in [-0.2, -0.15) is 10.2 Å². The van der Waals surface area contributed by atoms with E-state index in [2.05, 4.69) is 47.7 Å². The molecule has 0 amide bonds. The smallest absolute Gasteiger partial charge is 0.0949 e. The van der Waals surface area contributed by atoms with Gasteiger partial charge in [0.15, 0.2) is 0 Å². The standard InChI is InChI=1S/C15H23N5/c1-6-7-18(10-19-14(4)8-12(2)16-19)11-20-15(5)9-13(3)17-20/h6,8-9H,1,7,10-11H2,2-5H3. The van der Waals surface area contributed by atoms with Crippen molar-refractivity contribution >= 4 is 0 Å². The maximum absolute atomic E-state index is 4.51. The van der Waals surface area contributed by atoms with E-state index in [1.165, 1.54) is 11.4 Å². The van der Waals surface area contributed by atoms with Gasteiger partial charge >= 0.3 is 0 Å². The largest absolute Gasteiger partial charge is 0.261 e. The van der Waals surface area contributed by atoms with E-state index in [0.29, 0.717) is 0 Å². The average Bonchev–Trinajstić information content (AvgIpc) is 2.82. The third-order valence-corrected chi connectivity index (χ3v) is 3.26. The van der Waals surface area contributed by atoms with Crippen molar-refractivity contribution in [3.63, 3.8) is 0 Å². The van der Waals surface area contributed by atoms with Crippen LogP contribution in [0.4, 0.5) is 0 Å². The second-order valence-corrected chi connectivity index (χ2v) is 5.28. The van der Waals surface area contributed by atoms with Crippen LogP contribution in [0.15, 0.2) is 24.8 Å². The van der Waals surface area contributed by atoms with Gasteiger partial charge in [-0.05, 0) is 39.8 Å². The molecule has 0 spiro atoms. The quantitative estimate of drug-likeness (QED) is 0.759. The van der Waals surface area contributed by atoms with Crippen molar-refractivity contribution < 1.29 is 0 Å². The van der Waals surface area contributed by atoms with Gasteiger partial charge in [-0.25, -0.2) is 0 Å². The predicted molar refractivity (Wildman–Crippen MR) is 80.3 cm³/mol. The average molecular weight is 273 g/mol. The Morgan fingerprint density at radius 2 is 1.45 bits per heavy atom. The Morgan fingerprint density at radius 3 is 1.75 bits per heavy atom. The van der Waals surface area contributed by atoms with E-state index in [4.69, 9.17) is 0 Å². The second-order valence-electron chi connectivity index (χ2n) is 5.28. The summed E-state index contributed by atoms with van der Waals surface area (Å²) in [6, 6.07) is 4.19. The molecule has 2 aromatic heterocycles. The Kier molecular flexibility index (Phi) is 4.39. The maximum atomic E-state index is 4.51. The van der Waals surface area contributed by atoms with E-state index in [-0.39, 0.29) is 0 Å². The van der Waals surface area contributed by atoms with Crippen LogP contribution in [0.3, 0.4) is 0 Å². The van der Waals surface area contributed by atoms with Gasteiger partial charge in [-0.15, -0.1) is 6.58 Å². The molecular weight excluding hydrogens is 250 g/mol. The van der Waals surface area contributed by atoms with Crippen molar-refractivity contribution in [1.82, 2.24) is 24.5 Å². The van der Waals surface area contributed by atoms with Crippen LogP contribution in [-0.4, -0.2) is 31.0 Å². The van der Waals surface area contributed by atoms with Crippen molar-refractivity contribution in [3.05, 3.63) is 47.6 Å². The first-order valence-corrected chi connectivity index (χ1v) is 6.85. The third kappa shape index (κ3) is 3.36. The first-order valence-electron chi connectivity index (χ1n) is 6.85. The number of hydrogen-bond donors (Lipinski definition) is 0. The zero-order valence-electron chi connectivity index (χ0n) is 12.8. The van der Waals surface area contributed by atoms with Gasteiger partial charge in [0.1, 0.15) is 0 Å². The monoisotopic (exact) mass is 273 g/mol. The number of rotatable bonds is 6. The van der Waals surface area contributed by atoms with Crippen LogP contribution in [0.25, 0.3) is 0 Å². The molecule has 0 fully saturated rings. The summed E-state index contributed by atoms with van der Waals surface area (Å²) in [7, 11) is 0. The molecule has 5 nitrogen and oxygen atoms in total. The summed E-state index contributed by atoms with van der Waals surface area (Å²) in [6.07, 6.45) is 1.91. The van der Waals surface area contributed by atoms with E-state index in [0.717, 1.165) is 31.3 Å². The molecule has 0 aliphatic heterocycles. The van der Waals surface area contributed by atoms with Crippen LogP contribution >= 0.6 is 0 Å². The lowest BCUT2D eigenvalue weighted by atomic mass is 10.4. The van der Waals surface area contributed by atoms with Crippen LogP contribution in [0.2, 0.25) is 0 Å². The highest BCUT2D eigenvalue weighted by Gasteiger charge is 2.10. The minimum atomic E-state index is 0.740. The van der Waals surface area contributed by atoms with Crippen LogP contribution in [-0.2, 0) is 13.3 Å². The molecule has 108 valence electrons. The van der Waals surface area contributed by atoms with E-state index in [1.807, 2.05) is 29.3 Å². The van der Waals surface area contributed by atoms with Gasteiger partial charge in [0.2, 0.25) is 0 Å². The molecule has 20 heavy (non-hydrogen) atoms. The number of hydrogen-bond acceptors (Lipinski definition) is 3. The Hall–Kier alpha value is -1.88. The summed E-state index contributed by atoms with van der Waals surface area (Å²) in [5.41, 5.74) is 4.44. The molecule has 0 aliphatic rings. The van der Waals surface area contributed by atoms with E-state index >= 15 is 0 Å². The molecule has 0 saturated heterocycles. The Bertz CT molecular complexity index is 545. The van der Waals surface area contributed by atoms with E-state index in [9.17, 15) is 0 Å². The molecule has 0 saturated carbocycles. The summed E-state index contributed by atoms with van der Waals surface area (Å²) in [4.78, 5) is 2.26. The zero-order valence-corrected chi connectivity index (χ0v) is 12.8. The molecule has 0 N–H and O–H groups in total. The van der Waals surface area contributed by atoms with Gasteiger partial charge in [-0.1, -0.05) is 6.08 Å². The summed E-state index contributed by atoms with van der Waals surface area (Å²) in [5.74, 6) is 0. The lowest BCUT2D eigenvalue weighted by molar-refractivity contribution is 0.168. The molecule has 2 rings (SSSR count). The zero-order chi connectivity index (χ0) is 14.7. The fourth-order valence-corrected chi connectivity index (χ4v) is 2.36. The van der Waals surface area contributed by atoms with Crippen LogP contribution in [0.1, 0.15) is 22.8 Å². The highest BCUT2D eigenvalue weighted by Crippen LogP contribution is 2.07. The van der Waals surface area contributed by atoms with Gasteiger partial charge in [-0.3, -0.25) is 14.3 Å². The van der Waals surface area contributed by atoms with Gasteiger partial charge in [0.05, 0.1) is 24.7 Å². The molecule has 2 heterocycles. The van der Waals surface area contributed by atoms with Crippen molar-refractivity contribution in [1.29, 1.82) is 0 Å². The lowest BCUT2D eigenvalue weighted by Crippen LogP contribution is -2.31. The Morgan fingerprint density at radius 1 is 1.00 bits per heavy atom. The molecule has 2 aromatic rings. The minimum Gasteiger partial charge on any atom is -0.261 e. The van der Waals surface area contributed by atoms with E-state index < -0.39 is 0 Å². The SMILES string of the molecule is C=CCN(Cn1nc(C)cc1C)Cn1nc(C)cc1C. The molecule has 0 bridgehead atoms. The molecule has 0 aliphatic carbocycles. The summed E-state index contributed by atoms with van der Waals surface area (Å²) < 4.78 is 4.04. The molecule has 0 atom stereocenters. The van der Waals surface area contributed by atoms with Crippen LogP contribution in [0, 0.1) is 27.7 Å². The number of aryl methyl sites for hydroxylation is 4. The first kappa shape index (κ1) is 14.5. The highest BCUT2D eigenvalue weighted by atomic mass is 15.4. The predicted octanol–water partition coefficient (Wildman–Crippen LogP) is 2.42. The molecule has 0 unspecified atom stereocenters. The van der Waals surface area contributed by atoms with Crippen molar-refractivity contribution in [3.8, 4) is 0 Å². The molecule has 0 radical (unpaired) electrons. The Balaban J connectivity index is 2.13. The second kappa shape index (κ2) is 6.05. The Labute approximate surface area is 120 Å². The highest BCUT2D eigenvalue weighted by molar-refractivity contribution is 5.07. The summed E-state index contributed by atoms with van der Waals surface area (Å²) >= 11 is 0. The normalized spacial score (nSPS) is 11.2. The van der Waals surface area contributed by atoms with Crippen LogP contribution in [0.5, 0.6) is 0 Å². The van der Waals surface area contributed by atoms with Crippen molar-refractivity contribution in [2.45, 2.75) is 41.0 Å². The fourth-order valence-electron chi connectivity index (χ4n) is 2.36. The van der Waals surface area contributed by atoms with Crippen molar-refractivity contribution in [2.75, 3.05) is 6.54 Å². The van der Waals surface area contributed by atoms with Gasteiger partial charge < -0.3 is 0 Å². The molecule has 0 aromatic carbocycles. The van der Waals surface area contributed by atoms with Gasteiger partial charge in [0, 0.05) is 17.9 Å². The number of nitrogens with zero attached hydrogens (tertiary/aromatic N) is 5. The first-order chi connectivity index (χ1) is 9.49. The summed E-state index contributed by atoms with van der Waals surface area (Å²) in [6.45, 7) is 14.3. The molecule has 5 heteroatoms. The topological polar surface area (TPSA) is 38.9 Å². The lowest BCUT2D eigenvalue weighted by Gasteiger charge is -2.22. The summed E-state index contributed by atoms with van der Waals surface area (Å²) in [5, 5.41) is 9.03. The van der Waals surface area contributed by atoms with Crippen LogP contribution < -0.4 is 0 Å². The fraction of sp³-hybridized carbons (Fsp3) is 0.467. The third-order valence-electron chi connectivity index (χ3n) is 3.26. The minimum absolute atomic E-state index is 0.740. The van der Waals surface area contributed by atoms with Gasteiger partial charge in [0.25, 0.3) is 0 Å². The van der Waals surface area contributed by atoms with E-state index in [1.54, 1.807) is 0 Å². The molecular formula is C15H23N5.